The van der Waals surface area contributed by atoms with E-state index in [1.807, 2.05) is 0 Å². The summed E-state index contributed by atoms with van der Waals surface area (Å²) in [5.41, 5.74) is -0.909. The fraction of sp³-hybridized carbons (Fsp3) is 0.810. The molecule has 0 atom stereocenters. The first-order valence-corrected chi connectivity index (χ1v) is 9.83. The first-order valence-electron chi connectivity index (χ1n) is 9.83. The lowest BCUT2D eigenvalue weighted by atomic mass is 9.78. The fourth-order valence-electron chi connectivity index (χ4n) is 3.16. The minimum atomic E-state index is -0.925. The molecule has 0 aliphatic heterocycles. The van der Waals surface area contributed by atoms with Crippen LogP contribution < -0.4 is 0 Å². The highest BCUT2D eigenvalue weighted by atomic mass is 16.5. The van der Waals surface area contributed by atoms with E-state index in [0.717, 1.165) is 38.5 Å². The van der Waals surface area contributed by atoms with Gasteiger partial charge in [-0.25, -0.2) is 4.79 Å². The number of carbonyl (C=O) groups excluding carboxylic acids is 2. The maximum atomic E-state index is 12.3. The Balaban J connectivity index is 2.84. The van der Waals surface area contributed by atoms with Crippen LogP contribution in [0.1, 0.15) is 78.6 Å². The van der Waals surface area contributed by atoms with Crippen LogP contribution in [0.15, 0.2) is 12.2 Å². The van der Waals surface area contributed by atoms with Crippen LogP contribution in [0.2, 0.25) is 0 Å². The second-order valence-electron chi connectivity index (χ2n) is 8.45. The number of rotatable bonds is 7. The molecule has 1 saturated carbocycles. The average Bonchev–Trinajstić information content (AvgIpc) is 2.62. The lowest BCUT2D eigenvalue weighted by Gasteiger charge is -2.34. The number of aliphatic hydroxyl groups is 1. The fourth-order valence-corrected chi connectivity index (χ4v) is 3.16. The lowest BCUT2D eigenvalue weighted by molar-refractivity contribution is -0.163. The van der Waals surface area contributed by atoms with Crippen molar-refractivity contribution in [2.24, 2.45) is 10.8 Å². The van der Waals surface area contributed by atoms with E-state index in [1.54, 1.807) is 20.8 Å². The summed E-state index contributed by atoms with van der Waals surface area (Å²) in [6.07, 6.45) is 9.80. The molecule has 0 heterocycles. The molecule has 1 aliphatic rings. The summed E-state index contributed by atoms with van der Waals surface area (Å²) in [6.45, 7) is 8.79. The van der Waals surface area contributed by atoms with E-state index < -0.39 is 17.4 Å². The van der Waals surface area contributed by atoms with Gasteiger partial charge in [-0.3, -0.25) is 4.79 Å². The molecule has 1 aliphatic carbocycles. The van der Waals surface area contributed by atoms with Crippen molar-refractivity contribution < 1.29 is 24.2 Å². The van der Waals surface area contributed by atoms with Gasteiger partial charge in [0.25, 0.3) is 0 Å². The van der Waals surface area contributed by atoms with Gasteiger partial charge in [-0.05, 0) is 33.6 Å². The van der Waals surface area contributed by atoms with Gasteiger partial charge in [0.2, 0.25) is 0 Å². The molecule has 0 unspecified atom stereocenters. The van der Waals surface area contributed by atoms with Crippen molar-refractivity contribution in [3.8, 4) is 0 Å². The van der Waals surface area contributed by atoms with E-state index >= 15 is 0 Å². The molecule has 0 aromatic heterocycles. The first-order chi connectivity index (χ1) is 12.2. The highest BCUT2D eigenvalue weighted by molar-refractivity contribution is 5.86. The molecule has 0 aromatic rings. The Morgan fingerprint density at radius 1 is 0.962 bits per heavy atom. The molecule has 5 heteroatoms. The third kappa shape index (κ3) is 7.48. The zero-order chi connectivity index (χ0) is 19.6. The molecule has 1 N–H and O–H groups in total. The maximum Gasteiger partial charge on any atom is 0.333 e. The van der Waals surface area contributed by atoms with E-state index in [-0.39, 0.29) is 25.2 Å². The van der Waals surface area contributed by atoms with Gasteiger partial charge in [0.1, 0.15) is 13.2 Å². The van der Waals surface area contributed by atoms with Gasteiger partial charge in [0, 0.05) is 11.0 Å². The van der Waals surface area contributed by atoms with Crippen molar-refractivity contribution in [1.29, 1.82) is 0 Å². The number of carbonyl (C=O) groups is 2. The van der Waals surface area contributed by atoms with Crippen LogP contribution in [0.5, 0.6) is 0 Å². The summed E-state index contributed by atoms with van der Waals surface area (Å²) in [5.74, 6) is -0.814. The predicted molar refractivity (Wildman–Crippen MR) is 102 cm³/mol. The molecule has 0 amide bonds. The van der Waals surface area contributed by atoms with Crippen LogP contribution in [-0.4, -0.2) is 36.9 Å². The van der Waals surface area contributed by atoms with Gasteiger partial charge < -0.3 is 14.6 Å². The van der Waals surface area contributed by atoms with Crippen LogP contribution in [0.25, 0.3) is 0 Å². The van der Waals surface area contributed by atoms with Crippen LogP contribution in [0, 0.1) is 10.8 Å². The Morgan fingerprint density at radius 3 is 1.88 bits per heavy atom. The molecular formula is C21H36O5. The van der Waals surface area contributed by atoms with E-state index in [4.69, 9.17) is 9.47 Å². The first kappa shape index (κ1) is 22.7. The molecule has 26 heavy (non-hydrogen) atoms. The van der Waals surface area contributed by atoms with Crippen molar-refractivity contribution >= 4 is 11.9 Å². The summed E-state index contributed by atoms with van der Waals surface area (Å²) in [7, 11) is 0. The van der Waals surface area contributed by atoms with E-state index in [2.05, 4.69) is 6.58 Å². The van der Waals surface area contributed by atoms with E-state index in [0.29, 0.717) is 5.57 Å². The zero-order valence-corrected chi connectivity index (χ0v) is 16.8. The molecule has 1 fully saturated rings. The largest absolute Gasteiger partial charge is 0.464 e. The van der Waals surface area contributed by atoms with Gasteiger partial charge >= 0.3 is 11.9 Å². The number of ether oxygens (including phenoxy) is 2. The van der Waals surface area contributed by atoms with Gasteiger partial charge in [-0.1, -0.05) is 51.5 Å². The Labute approximate surface area is 158 Å². The van der Waals surface area contributed by atoms with Crippen molar-refractivity contribution in [2.45, 2.75) is 78.6 Å². The summed E-state index contributed by atoms with van der Waals surface area (Å²) in [4.78, 5) is 24.2. The molecule has 0 spiro atoms. The van der Waals surface area contributed by atoms with Crippen LogP contribution >= 0.6 is 0 Å². The number of aliphatic hydroxyl groups excluding tert-OH is 1. The van der Waals surface area contributed by atoms with E-state index in [9.17, 15) is 14.7 Å². The van der Waals surface area contributed by atoms with Gasteiger partial charge in [0.15, 0.2) is 0 Å². The molecule has 150 valence electrons. The standard InChI is InChI=1S/C21H36O5/c1-17(2)18(23)25-15-21(16-26-19(24)20(3,4)14-22)12-10-8-6-5-7-9-11-13-21/h22H,1,5-16H2,2-4H3. The van der Waals surface area contributed by atoms with Crippen molar-refractivity contribution in [2.75, 3.05) is 19.8 Å². The summed E-state index contributed by atoms with van der Waals surface area (Å²) >= 11 is 0. The van der Waals surface area contributed by atoms with Gasteiger partial charge in [-0.2, -0.15) is 0 Å². The van der Waals surface area contributed by atoms with Crippen LogP contribution in [0.4, 0.5) is 0 Å². The molecule has 0 aromatic carbocycles. The molecule has 0 bridgehead atoms. The van der Waals surface area contributed by atoms with Gasteiger partial charge in [-0.15, -0.1) is 0 Å². The van der Waals surface area contributed by atoms with Crippen LogP contribution in [-0.2, 0) is 19.1 Å². The molecule has 5 nitrogen and oxygen atoms in total. The second kappa shape index (κ2) is 10.7. The van der Waals surface area contributed by atoms with Crippen molar-refractivity contribution in [3.63, 3.8) is 0 Å². The SMILES string of the molecule is C=C(C)C(=O)OCC1(COC(=O)C(C)(C)CO)CCCCCCCCC1. The summed E-state index contributed by atoms with van der Waals surface area (Å²) < 4.78 is 11.1. The summed E-state index contributed by atoms with van der Waals surface area (Å²) in [5, 5.41) is 9.37. The highest BCUT2D eigenvalue weighted by Crippen LogP contribution is 2.35. The Hall–Kier alpha value is -1.36. The maximum absolute atomic E-state index is 12.3. The smallest absolute Gasteiger partial charge is 0.333 e. The molecule has 0 radical (unpaired) electrons. The normalized spacial score (nSPS) is 18.6. The predicted octanol–water partition coefficient (Wildman–Crippen LogP) is 4.18. The van der Waals surface area contributed by atoms with Gasteiger partial charge in [0.05, 0.1) is 12.0 Å². The average molecular weight is 369 g/mol. The highest BCUT2D eigenvalue weighted by Gasteiger charge is 2.36. The lowest BCUT2D eigenvalue weighted by Crippen LogP contribution is -2.38. The second-order valence-corrected chi connectivity index (χ2v) is 8.45. The third-order valence-corrected chi connectivity index (χ3v) is 5.23. The Morgan fingerprint density at radius 2 is 1.42 bits per heavy atom. The molecule has 0 saturated heterocycles. The minimum absolute atomic E-state index is 0.221. The quantitative estimate of drug-likeness (QED) is 0.539. The third-order valence-electron chi connectivity index (χ3n) is 5.23. The van der Waals surface area contributed by atoms with Crippen molar-refractivity contribution in [1.82, 2.24) is 0 Å². The number of esters is 2. The molecule has 1 rings (SSSR count). The minimum Gasteiger partial charge on any atom is -0.464 e. The van der Waals surface area contributed by atoms with Crippen molar-refractivity contribution in [3.05, 3.63) is 12.2 Å². The summed E-state index contributed by atoms with van der Waals surface area (Å²) in [6, 6.07) is 0. The number of hydrogen-bond acceptors (Lipinski definition) is 5. The topological polar surface area (TPSA) is 72.8 Å². The monoisotopic (exact) mass is 368 g/mol. The Kier molecular flexibility index (Phi) is 9.34. The zero-order valence-electron chi connectivity index (χ0n) is 16.8. The molecular weight excluding hydrogens is 332 g/mol. The van der Waals surface area contributed by atoms with E-state index in [1.165, 1.54) is 19.3 Å². The van der Waals surface area contributed by atoms with Crippen LogP contribution in [0.3, 0.4) is 0 Å². The Bertz CT molecular complexity index is 471. The number of hydrogen-bond donors (Lipinski definition) is 1.